The fourth-order valence-electron chi connectivity index (χ4n) is 2.30. The highest BCUT2D eigenvalue weighted by Crippen LogP contribution is 2.30. The van der Waals surface area contributed by atoms with Crippen molar-refractivity contribution in [2.75, 3.05) is 0 Å². The Kier molecular flexibility index (Phi) is 2.76. The van der Waals surface area contributed by atoms with E-state index in [0.717, 1.165) is 21.9 Å². The number of carboxylic acid groups (broad SMARTS) is 1. The van der Waals surface area contributed by atoms with Crippen molar-refractivity contribution >= 4 is 16.7 Å². The molecule has 0 spiro atoms. The average Bonchev–Trinajstić information content (AvgIpc) is 2.46. The van der Waals surface area contributed by atoms with Gasteiger partial charge in [-0.3, -0.25) is 0 Å². The van der Waals surface area contributed by atoms with Crippen LogP contribution in [-0.4, -0.2) is 11.1 Å². The monoisotopic (exact) mass is 247 g/mol. The van der Waals surface area contributed by atoms with Crippen LogP contribution in [0.1, 0.15) is 10.4 Å². The largest absolute Gasteiger partial charge is 0.478 e. The standard InChI is InChI=1S/C17H11O2/c18-17(19)16-10-4-3-9-15(16)14-11-5-7-12-6-1-2-8-13(12)14/h1,3-11H,(H,18,19). The highest BCUT2D eigenvalue weighted by molar-refractivity contribution is 6.03. The molecular weight excluding hydrogens is 236 g/mol. The maximum atomic E-state index is 11.3. The fraction of sp³-hybridized carbons (Fsp3) is 0. The Morgan fingerprint density at radius 1 is 0.947 bits per heavy atom. The molecule has 1 N–H and O–H groups in total. The molecule has 0 aliphatic rings. The third-order valence-corrected chi connectivity index (χ3v) is 3.17. The molecule has 0 atom stereocenters. The summed E-state index contributed by atoms with van der Waals surface area (Å²) in [4.78, 5) is 11.3. The molecule has 1 radical (unpaired) electrons. The molecule has 0 heterocycles. The summed E-state index contributed by atoms with van der Waals surface area (Å²) in [5.74, 6) is -0.910. The maximum Gasteiger partial charge on any atom is 0.336 e. The molecule has 0 saturated heterocycles. The molecule has 2 nitrogen and oxygen atoms in total. The van der Waals surface area contributed by atoms with Gasteiger partial charge in [0.1, 0.15) is 0 Å². The van der Waals surface area contributed by atoms with Crippen LogP contribution in [0.2, 0.25) is 0 Å². The molecular formula is C17H11O2. The molecule has 0 unspecified atom stereocenters. The van der Waals surface area contributed by atoms with Crippen LogP contribution in [0.15, 0.2) is 60.7 Å². The molecule has 91 valence electrons. The Morgan fingerprint density at radius 3 is 2.58 bits per heavy atom. The first-order valence-electron chi connectivity index (χ1n) is 5.99. The van der Waals surface area contributed by atoms with Crippen LogP contribution in [0.5, 0.6) is 0 Å². The predicted molar refractivity (Wildman–Crippen MR) is 75.2 cm³/mol. The van der Waals surface area contributed by atoms with Gasteiger partial charge in [0.25, 0.3) is 0 Å². The molecule has 3 rings (SSSR count). The van der Waals surface area contributed by atoms with Crippen LogP contribution in [0.25, 0.3) is 21.9 Å². The third kappa shape index (κ3) is 1.97. The highest BCUT2D eigenvalue weighted by Gasteiger charge is 2.12. The zero-order valence-electron chi connectivity index (χ0n) is 10.1. The fourth-order valence-corrected chi connectivity index (χ4v) is 2.30. The van der Waals surface area contributed by atoms with E-state index in [1.54, 1.807) is 12.1 Å². The molecule has 3 aromatic carbocycles. The Bertz CT molecular complexity index is 755. The quantitative estimate of drug-likeness (QED) is 0.743. The lowest BCUT2D eigenvalue weighted by molar-refractivity contribution is 0.0698. The molecule has 0 amide bonds. The molecule has 0 aromatic heterocycles. The van der Waals surface area contributed by atoms with Gasteiger partial charge in [-0.15, -0.1) is 0 Å². The van der Waals surface area contributed by atoms with Gasteiger partial charge in [0.05, 0.1) is 5.56 Å². The van der Waals surface area contributed by atoms with Crippen molar-refractivity contribution in [3.05, 3.63) is 72.3 Å². The van der Waals surface area contributed by atoms with Crippen molar-refractivity contribution in [2.45, 2.75) is 0 Å². The van der Waals surface area contributed by atoms with E-state index in [-0.39, 0.29) is 0 Å². The van der Waals surface area contributed by atoms with Gasteiger partial charge < -0.3 is 5.11 Å². The zero-order valence-corrected chi connectivity index (χ0v) is 10.1. The smallest absolute Gasteiger partial charge is 0.336 e. The van der Waals surface area contributed by atoms with Gasteiger partial charge >= 0.3 is 5.97 Å². The van der Waals surface area contributed by atoms with Crippen LogP contribution in [0, 0.1) is 6.07 Å². The summed E-state index contributed by atoms with van der Waals surface area (Å²) in [7, 11) is 0. The van der Waals surface area contributed by atoms with Crippen molar-refractivity contribution in [3.8, 4) is 11.1 Å². The summed E-state index contributed by atoms with van der Waals surface area (Å²) in [5, 5.41) is 11.4. The number of carboxylic acids is 1. The maximum absolute atomic E-state index is 11.3. The minimum atomic E-state index is -0.910. The summed E-state index contributed by atoms with van der Waals surface area (Å²) in [5.41, 5.74) is 1.98. The molecule has 0 aliphatic heterocycles. The van der Waals surface area contributed by atoms with Crippen molar-refractivity contribution in [1.82, 2.24) is 0 Å². The van der Waals surface area contributed by atoms with Gasteiger partial charge in [-0.25, -0.2) is 4.79 Å². The van der Waals surface area contributed by atoms with Gasteiger partial charge in [-0.1, -0.05) is 48.5 Å². The van der Waals surface area contributed by atoms with Crippen LogP contribution in [0.4, 0.5) is 0 Å². The second kappa shape index (κ2) is 4.58. The summed E-state index contributed by atoms with van der Waals surface area (Å²) >= 11 is 0. The van der Waals surface area contributed by atoms with E-state index >= 15 is 0 Å². The number of hydrogen-bond acceptors (Lipinski definition) is 1. The number of rotatable bonds is 2. The molecule has 19 heavy (non-hydrogen) atoms. The van der Waals surface area contributed by atoms with Crippen molar-refractivity contribution in [2.24, 2.45) is 0 Å². The van der Waals surface area contributed by atoms with E-state index in [1.165, 1.54) is 0 Å². The Morgan fingerprint density at radius 2 is 1.74 bits per heavy atom. The van der Waals surface area contributed by atoms with E-state index in [0.29, 0.717) is 5.56 Å². The first kappa shape index (κ1) is 11.5. The third-order valence-electron chi connectivity index (χ3n) is 3.17. The Balaban J connectivity index is 2.34. The minimum Gasteiger partial charge on any atom is -0.478 e. The summed E-state index contributed by atoms with van der Waals surface area (Å²) in [6.45, 7) is 0. The topological polar surface area (TPSA) is 37.3 Å². The number of benzene rings is 3. The number of fused-ring (bicyclic) bond motifs is 1. The van der Waals surface area contributed by atoms with Crippen LogP contribution < -0.4 is 0 Å². The molecule has 2 heteroatoms. The van der Waals surface area contributed by atoms with Gasteiger partial charge in [-0.05, 0) is 40.1 Å². The SMILES string of the molecule is O=C(O)c1ccccc1-c1cccc2cc[c]cc12. The van der Waals surface area contributed by atoms with Crippen molar-refractivity contribution in [3.63, 3.8) is 0 Å². The molecule has 0 bridgehead atoms. The predicted octanol–water partition coefficient (Wildman–Crippen LogP) is 4.01. The van der Waals surface area contributed by atoms with E-state index in [9.17, 15) is 9.90 Å². The summed E-state index contributed by atoms with van der Waals surface area (Å²) in [6, 6.07) is 21.7. The normalized spacial score (nSPS) is 10.5. The van der Waals surface area contributed by atoms with Crippen LogP contribution in [0.3, 0.4) is 0 Å². The van der Waals surface area contributed by atoms with Gasteiger partial charge in [-0.2, -0.15) is 0 Å². The Labute approximate surface area is 110 Å². The number of hydrogen-bond donors (Lipinski definition) is 1. The second-order valence-electron chi connectivity index (χ2n) is 4.30. The molecule has 0 saturated carbocycles. The van der Waals surface area contributed by atoms with Gasteiger partial charge in [0, 0.05) is 0 Å². The Hall–Kier alpha value is -2.61. The van der Waals surface area contributed by atoms with Gasteiger partial charge in [0.15, 0.2) is 0 Å². The lowest BCUT2D eigenvalue weighted by atomic mass is 9.95. The minimum absolute atomic E-state index is 0.318. The lowest BCUT2D eigenvalue weighted by Crippen LogP contribution is -1.99. The van der Waals surface area contributed by atoms with E-state index in [1.807, 2.05) is 48.5 Å². The molecule has 0 fully saturated rings. The molecule has 0 aliphatic carbocycles. The van der Waals surface area contributed by atoms with Crippen LogP contribution in [-0.2, 0) is 0 Å². The second-order valence-corrected chi connectivity index (χ2v) is 4.30. The first-order valence-corrected chi connectivity index (χ1v) is 5.99. The highest BCUT2D eigenvalue weighted by atomic mass is 16.4. The zero-order chi connectivity index (χ0) is 13.2. The van der Waals surface area contributed by atoms with E-state index < -0.39 is 5.97 Å². The van der Waals surface area contributed by atoms with Crippen molar-refractivity contribution < 1.29 is 9.90 Å². The first-order chi connectivity index (χ1) is 9.27. The average molecular weight is 247 g/mol. The number of aromatic carboxylic acids is 1. The van der Waals surface area contributed by atoms with Gasteiger partial charge in [0.2, 0.25) is 0 Å². The van der Waals surface area contributed by atoms with Crippen molar-refractivity contribution in [1.29, 1.82) is 0 Å². The van der Waals surface area contributed by atoms with Crippen LogP contribution >= 0.6 is 0 Å². The lowest BCUT2D eigenvalue weighted by Gasteiger charge is -2.09. The van der Waals surface area contributed by atoms with E-state index in [4.69, 9.17) is 0 Å². The summed E-state index contributed by atoms with van der Waals surface area (Å²) < 4.78 is 0. The summed E-state index contributed by atoms with van der Waals surface area (Å²) in [6.07, 6.45) is 0. The van der Waals surface area contributed by atoms with E-state index in [2.05, 4.69) is 6.07 Å². The molecule has 3 aromatic rings. The number of carbonyl (C=O) groups is 1.